The lowest BCUT2D eigenvalue weighted by atomic mass is 10.00. The molecular formula is C26H17ClF3N3O4. The number of aromatic carboxylic acids is 1. The van der Waals surface area contributed by atoms with Gasteiger partial charge in [0.05, 0.1) is 22.0 Å². The Kier molecular flexibility index (Phi) is 5.91. The highest BCUT2D eigenvalue weighted by Gasteiger charge is 2.33. The Bertz CT molecular complexity index is 1650. The molecule has 0 amide bonds. The van der Waals surface area contributed by atoms with Crippen LogP contribution in [0.3, 0.4) is 0 Å². The fourth-order valence-electron chi connectivity index (χ4n) is 4.27. The average Bonchev–Trinajstić information content (AvgIpc) is 3.37. The highest BCUT2D eigenvalue weighted by molar-refractivity contribution is 6.32. The van der Waals surface area contributed by atoms with Gasteiger partial charge in [-0.05, 0) is 50.2 Å². The second-order valence-corrected chi connectivity index (χ2v) is 8.63. The zero-order valence-corrected chi connectivity index (χ0v) is 20.1. The zero-order valence-electron chi connectivity index (χ0n) is 19.3. The Hall–Kier alpha value is -4.31. The number of aryl methyl sites for hydroxylation is 2. The third-order valence-electron chi connectivity index (χ3n) is 5.82. The van der Waals surface area contributed by atoms with E-state index in [2.05, 4.69) is 14.9 Å². The van der Waals surface area contributed by atoms with Crippen molar-refractivity contribution in [2.75, 3.05) is 0 Å². The van der Waals surface area contributed by atoms with Gasteiger partial charge in [0.2, 0.25) is 0 Å². The van der Waals surface area contributed by atoms with Gasteiger partial charge in [-0.2, -0.15) is 0 Å². The molecule has 3 heterocycles. The Labute approximate surface area is 212 Å². The molecule has 5 rings (SSSR count). The number of hydrogen-bond acceptors (Lipinski definition) is 5. The van der Waals surface area contributed by atoms with Crippen molar-refractivity contribution in [2.45, 2.75) is 20.2 Å². The Balaban J connectivity index is 1.83. The molecule has 0 aliphatic rings. The van der Waals surface area contributed by atoms with Crippen LogP contribution < -0.4 is 4.74 Å². The van der Waals surface area contributed by atoms with Gasteiger partial charge in [0.1, 0.15) is 17.2 Å². The summed E-state index contributed by atoms with van der Waals surface area (Å²) in [6, 6.07) is 12.0. The summed E-state index contributed by atoms with van der Waals surface area (Å²) in [5.74, 6) is -1.49. The maximum absolute atomic E-state index is 13.3. The lowest BCUT2D eigenvalue weighted by Gasteiger charge is -2.14. The first-order chi connectivity index (χ1) is 17.5. The van der Waals surface area contributed by atoms with Crippen LogP contribution in [0.25, 0.3) is 39.0 Å². The van der Waals surface area contributed by atoms with Crippen LogP contribution >= 0.6 is 11.6 Å². The van der Waals surface area contributed by atoms with Crippen LogP contribution in [0.5, 0.6) is 5.75 Å². The zero-order chi connectivity index (χ0) is 26.5. The van der Waals surface area contributed by atoms with Gasteiger partial charge >= 0.3 is 12.3 Å². The van der Waals surface area contributed by atoms with Crippen LogP contribution in [0.15, 0.2) is 65.4 Å². The average molecular weight is 528 g/mol. The van der Waals surface area contributed by atoms with Gasteiger partial charge in [0.15, 0.2) is 0 Å². The fraction of sp³-hybridized carbons (Fsp3) is 0.115. The number of carboxylic acid groups (broad SMARTS) is 1. The van der Waals surface area contributed by atoms with Gasteiger partial charge in [-0.1, -0.05) is 28.9 Å². The maximum Gasteiger partial charge on any atom is 0.573 e. The summed E-state index contributed by atoms with van der Waals surface area (Å²) in [6.45, 7) is 3.51. The van der Waals surface area contributed by atoms with E-state index in [9.17, 15) is 23.1 Å². The molecule has 7 nitrogen and oxygen atoms in total. The van der Waals surface area contributed by atoms with Crippen molar-refractivity contribution in [3.05, 3.63) is 83.0 Å². The number of benzene rings is 2. The summed E-state index contributed by atoms with van der Waals surface area (Å²) in [5.41, 5.74) is 2.94. The van der Waals surface area contributed by atoms with Gasteiger partial charge in [-0.15, -0.1) is 13.2 Å². The molecule has 0 unspecified atom stereocenters. The Morgan fingerprint density at radius 2 is 1.86 bits per heavy atom. The highest BCUT2D eigenvalue weighted by atomic mass is 35.5. The summed E-state index contributed by atoms with van der Waals surface area (Å²) < 4.78 is 51.2. The predicted octanol–water partition coefficient (Wildman–Crippen LogP) is 7.21. The van der Waals surface area contributed by atoms with Crippen LogP contribution in [-0.4, -0.2) is 32.1 Å². The van der Waals surface area contributed by atoms with Crippen LogP contribution in [0.4, 0.5) is 13.2 Å². The Morgan fingerprint density at radius 3 is 2.51 bits per heavy atom. The molecule has 37 heavy (non-hydrogen) atoms. The van der Waals surface area contributed by atoms with E-state index in [4.69, 9.17) is 16.1 Å². The molecule has 0 saturated carbocycles. The van der Waals surface area contributed by atoms with Gasteiger partial charge in [-0.3, -0.25) is 4.57 Å². The van der Waals surface area contributed by atoms with E-state index in [1.54, 1.807) is 61.1 Å². The molecule has 5 aromatic rings. The molecule has 0 aliphatic carbocycles. The third-order valence-corrected chi connectivity index (χ3v) is 6.14. The first kappa shape index (κ1) is 24.4. The second kappa shape index (κ2) is 8.97. The highest BCUT2D eigenvalue weighted by Crippen LogP contribution is 2.41. The summed E-state index contributed by atoms with van der Waals surface area (Å²) >= 11 is 6.43. The quantitative estimate of drug-likeness (QED) is 0.259. The van der Waals surface area contributed by atoms with Crippen molar-refractivity contribution in [2.24, 2.45) is 0 Å². The van der Waals surface area contributed by atoms with Crippen molar-refractivity contribution in [1.29, 1.82) is 0 Å². The molecule has 0 spiro atoms. The van der Waals surface area contributed by atoms with Gasteiger partial charge < -0.3 is 14.4 Å². The standard InChI is InChI=1S/C26H17ClF3N3O4/c1-13-23(14(2)37-32-13)16-9-18-19(12-33(24(18)31-11-16)21-6-4-3-5-20(21)27)17-8-7-15(25(34)35)10-22(17)36-26(28,29)30/h3-12H,1-2H3,(H,34,35). The van der Waals surface area contributed by atoms with Gasteiger partial charge in [-0.25, -0.2) is 9.78 Å². The topological polar surface area (TPSA) is 90.4 Å². The first-order valence-electron chi connectivity index (χ1n) is 10.9. The largest absolute Gasteiger partial charge is 0.573 e. The monoisotopic (exact) mass is 527 g/mol. The number of carboxylic acids is 1. The molecule has 0 radical (unpaired) electrons. The number of halogens is 4. The van der Waals surface area contributed by atoms with Crippen molar-refractivity contribution < 1.29 is 32.3 Å². The molecule has 0 fully saturated rings. The molecule has 0 bridgehead atoms. The van der Waals surface area contributed by atoms with E-state index in [0.29, 0.717) is 49.9 Å². The summed E-state index contributed by atoms with van der Waals surface area (Å²) in [7, 11) is 0. The first-order valence-corrected chi connectivity index (χ1v) is 11.2. The Morgan fingerprint density at radius 1 is 1.11 bits per heavy atom. The predicted molar refractivity (Wildman–Crippen MR) is 130 cm³/mol. The van der Waals surface area contributed by atoms with Crippen molar-refractivity contribution >= 4 is 28.6 Å². The number of fused-ring (bicyclic) bond motifs is 1. The minimum Gasteiger partial charge on any atom is -0.478 e. The number of nitrogens with zero attached hydrogens (tertiary/aromatic N) is 3. The van der Waals surface area contributed by atoms with Gasteiger partial charge in [0, 0.05) is 40.0 Å². The van der Waals surface area contributed by atoms with Crippen LogP contribution in [0, 0.1) is 13.8 Å². The normalized spacial score (nSPS) is 11.7. The van der Waals surface area contributed by atoms with E-state index in [0.717, 1.165) is 6.07 Å². The van der Waals surface area contributed by atoms with E-state index in [-0.39, 0.29) is 11.1 Å². The summed E-state index contributed by atoms with van der Waals surface area (Å²) in [4.78, 5) is 16.1. The number of alkyl halides is 3. The number of rotatable bonds is 5. The molecule has 0 atom stereocenters. The lowest BCUT2D eigenvalue weighted by molar-refractivity contribution is -0.274. The fourth-order valence-corrected chi connectivity index (χ4v) is 4.50. The number of para-hydroxylation sites is 1. The molecular weight excluding hydrogens is 511 g/mol. The van der Waals surface area contributed by atoms with Crippen molar-refractivity contribution in [3.63, 3.8) is 0 Å². The molecule has 1 N–H and O–H groups in total. The molecule has 3 aromatic heterocycles. The smallest absolute Gasteiger partial charge is 0.478 e. The van der Waals surface area contributed by atoms with Crippen molar-refractivity contribution in [3.8, 4) is 33.7 Å². The minimum atomic E-state index is -5.05. The summed E-state index contributed by atoms with van der Waals surface area (Å²) in [5, 5.41) is 14.2. The molecule has 188 valence electrons. The number of ether oxygens (including phenoxy) is 1. The van der Waals surface area contributed by atoms with Crippen LogP contribution in [0.2, 0.25) is 5.02 Å². The maximum atomic E-state index is 13.3. The van der Waals surface area contributed by atoms with Crippen LogP contribution in [0.1, 0.15) is 21.8 Å². The number of hydrogen-bond donors (Lipinski definition) is 1. The SMILES string of the molecule is Cc1noc(C)c1-c1cnc2c(c1)c(-c1ccc(C(=O)O)cc1OC(F)(F)F)cn2-c1ccccc1Cl. The summed E-state index contributed by atoms with van der Waals surface area (Å²) in [6.07, 6.45) is -1.84. The van der Waals surface area contributed by atoms with E-state index in [1.807, 2.05) is 0 Å². The minimum absolute atomic E-state index is 0.0239. The lowest BCUT2D eigenvalue weighted by Crippen LogP contribution is -2.18. The number of aromatic nitrogens is 3. The molecule has 0 saturated heterocycles. The van der Waals surface area contributed by atoms with E-state index >= 15 is 0 Å². The number of pyridine rings is 1. The van der Waals surface area contributed by atoms with E-state index in [1.165, 1.54) is 12.1 Å². The van der Waals surface area contributed by atoms with Gasteiger partial charge in [0.25, 0.3) is 0 Å². The van der Waals surface area contributed by atoms with Crippen LogP contribution in [-0.2, 0) is 0 Å². The molecule has 0 aliphatic heterocycles. The second-order valence-electron chi connectivity index (χ2n) is 8.22. The van der Waals surface area contributed by atoms with E-state index < -0.39 is 18.1 Å². The molecule has 2 aromatic carbocycles. The number of carbonyl (C=O) groups is 1. The van der Waals surface area contributed by atoms with Crippen molar-refractivity contribution in [1.82, 2.24) is 14.7 Å². The molecule has 11 heteroatoms. The third kappa shape index (κ3) is 4.51.